The highest BCUT2D eigenvalue weighted by Crippen LogP contribution is 2.21. The maximum atomic E-state index is 11.8. The minimum atomic E-state index is -0.710. The number of aliphatic hydroxyl groups excluding tert-OH is 1. The summed E-state index contributed by atoms with van der Waals surface area (Å²) in [7, 11) is 0. The third-order valence-electron chi connectivity index (χ3n) is 3.47. The van der Waals surface area contributed by atoms with Crippen molar-refractivity contribution in [2.45, 2.75) is 25.9 Å². The van der Waals surface area contributed by atoms with Gasteiger partial charge in [-0.2, -0.15) is 5.10 Å². The summed E-state index contributed by atoms with van der Waals surface area (Å²) in [5, 5.41) is 14.6. The first-order chi connectivity index (χ1) is 12.1. The summed E-state index contributed by atoms with van der Waals surface area (Å²) in [5.74, 6) is 0.495. The molecule has 2 rings (SSSR count). The maximum absolute atomic E-state index is 11.8. The largest absolute Gasteiger partial charge is 0.494 e. The van der Waals surface area contributed by atoms with Crippen LogP contribution in [0.2, 0.25) is 5.02 Å². The number of hydrogen-bond donors (Lipinski definition) is 2. The highest BCUT2D eigenvalue weighted by molar-refractivity contribution is 6.30. The Bertz CT molecular complexity index is 717. The lowest BCUT2D eigenvalue weighted by atomic mass is 10.0. The zero-order valence-electron chi connectivity index (χ0n) is 14.0. The van der Waals surface area contributed by atoms with Crippen molar-refractivity contribution in [1.82, 2.24) is 5.43 Å². The molecule has 0 saturated heterocycles. The molecule has 0 fully saturated rings. The molecule has 0 bridgehead atoms. The summed E-state index contributed by atoms with van der Waals surface area (Å²) in [6, 6.07) is 14.3. The molecule has 0 aromatic heterocycles. The number of ether oxygens (including phenoxy) is 1. The Morgan fingerprint density at radius 2 is 2.08 bits per heavy atom. The van der Waals surface area contributed by atoms with Gasteiger partial charge in [-0.25, -0.2) is 5.43 Å². The zero-order valence-corrected chi connectivity index (χ0v) is 14.7. The molecule has 2 N–H and O–H groups in total. The molecule has 5 nitrogen and oxygen atoms in total. The molecule has 0 aliphatic rings. The molecule has 0 unspecified atom stereocenters. The molecular weight excluding hydrogens is 340 g/mol. The fraction of sp³-hybridized carbons (Fsp3) is 0.263. The molecule has 0 radical (unpaired) electrons. The van der Waals surface area contributed by atoms with Crippen LogP contribution in [0.3, 0.4) is 0 Å². The lowest BCUT2D eigenvalue weighted by Gasteiger charge is -2.11. The first-order valence-electron chi connectivity index (χ1n) is 8.06. The van der Waals surface area contributed by atoms with Gasteiger partial charge in [0.1, 0.15) is 5.75 Å². The quantitative estimate of drug-likeness (QED) is 0.557. The van der Waals surface area contributed by atoms with Gasteiger partial charge >= 0.3 is 0 Å². The molecule has 25 heavy (non-hydrogen) atoms. The minimum absolute atomic E-state index is 0.168. The second-order valence-corrected chi connectivity index (χ2v) is 5.84. The van der Waals surface area contributed by atoms with Crippen molar-refractivity contribution in [2.24, 2.45) is 5.10 Å². The van der Waals surface area contributed by atoms with Gasteiger partial charge in [-0.05, 0) is 48.7 Å². The summed E-state index contributed by atoms with van der Waals surface area (Å²) >= 11 is 5.87. The van der Waals surface area contributed by atoms with E-state index in [0.29, 0.717) is 18.1 Å². The normalized spacial score (nSPS) is 12.1. The molecule has 2 aromatic rings. The third-order valence-corrected chi connectivity index (χ3v) is 3.71. The monoisotopic (exact) mass is 360 g/mol. The highest BCUT2D eigenvalue weighted by atomic mass is 35.5. The molecule has 6 heteroatoms. The minimum Gasteiger partial charge on any atom is -0.494 e. The smallest absolute Gasteiger partial charge is 0.240 e. The second kappa shape index (κ2) is 9.81. The zero-order chi connectivity index (χ0) is 18.1. The van der Waals surface area contributed by atoms with Crippen molar-refractivity contribution in [3.05, 3.63) is 64.7 Å². The van der Waals surface area contributed by atoms with Crippen LogP contribution < -0.4 is 10.2 Å². The Hall–Kier alpha value is -2.37. The SMILES string of the molecule is CCOc1ccc([C@H](O)CCC(=O)N/N=C\c2cccc(Cl)c2)cc1. The highest BCUT2D eigenvalue weighted by Gasteiger charge is 2.10. The molecule has 0 heterocycles. The lowest BCUT2D eigenvalue weighted by Crippen LogP contribution is -2.18. The van der Waals surface area contributed by atoms with Crippen LogP contribution in [0.1, 0.15) is 37.0 Å². The Morgan fingerprint density at radius 1 is 1.32 bits per heavy atom. The van der Waals surface area contributed by atoms with E-state index in [1.165, 1.54) is 6.21 Å². The summed E-state index contributed by atoms with van der Waals surface area (Å²) < 4.78 is 5.36. The van der Waals surface area contributed by atoms with Crippen LogP contribution in [0.5, 0.6) is 5.75 Å². The van der Waals surface area contributed by atoms with Crippen LogP contribution in [0.25, 0.3) is 0 Å². The number of hydrogen-bond acceptors (Lipinski definition) is 4. The first kappa shape index (κ1) is 19.0. The number of benzene rings is 2. The van der Waals surface area contributed by atoms with Crippen LogP contribution in [0.4, 0.5) is 0 Å². The molecule has 1 amide bonds. The second-order valence-electron chi connectivity index (χ2n) is 5.40. The summed E-state index contributed by atoms with van der Waals surface area (Å²) in [5.41, 5.74) is 3.98. The number of nitrogens with one attached hydrogen (secondary N) is 1. The third kappa shape index (κ3) is 6.57. The van der Waals surface area contributed by atoms with E-state index < -0.39 is 6.10 Å². The number of halogens is 1. The van der Waals surface area contributed by atoms with Gasteiger partial charge in [0.15, 0.2) is 0 Å². The molecule has 0 aliphatic carbocycles. The number of hydrazone groups is 1. The van der Waals surface area contributed by atoms with Gasteiger partial charge in [0, 0.05) is 11.4 Å². The van der Waals surface area contributed by atoms with Crippen molar-refractivity contribution < 1.29 is 14.6 Å². The van der Waals surface area contributed by atoms with E-state index in [0.717, 1.165) is 16.9 Å². The number of amides is 1. The van der Waals surface area contributed by atoms with Gasteiger partial charge in [-0.15, -0.1) is 0 Å². The number of carbonyl (C=O) groups excluding carboxylic acids is 1. The van der Waals surface area contributed by atoms with E-state index in [4.69, 9.17) is 16.3 Å². The molecule has 1 atom stereocenters. The van der Waals surface area contributed by atoms with Crippen molar-refractivity contribution in [3.8, 4) is 5.75 Å². The Labute approximate surface area is 152 Å². The van der Waals surface area contributed by atoms with Gasteiger partial charge in [-0.3, -0.25) is 4.79 Å². The Balaban J connectivity index is 1.77. The summed E-state index contributed by atoms with van der Waals surface area (Å²) in [4.78, 5) is 11.8. The van der Waals surface area contributed by atoms with E-state index in [1.807, 2.05) is 13.0 Å². The van der Waals surface area contributed by atoms with Crippen LogP contribution in [-0.4, -0.2) is 23.8 Å². The topological polar surface area (TPSA) is 70.9 Å². The van der Waals surface area contributed by atoms with Crippen LogP contribution in [-0.2, 0) is 4.79 Å². The first-order valence-corrected chi connectivity index (χ1v) is 8.44. The lowest BCUT2D eigenvalue weighted by molar-refractivity contribution is -0.121. The van der Waals surface area contributed by atoms with E-state index in [1.54, 1.807) is 42.5 Å². The van der Waals surface area contributed by atoms with Gasteiger partial charge in [-0.1, -0.05) is 35.9 Å². The van der Waals surface area contributed by atoms with Crippen molar-refractivity contribution in [3.63, 3.8) is 0 Å². The predicted octanol–water partition coefficient (Wildman–Crippen LogP) is 3.70. The fourth-order valence-corrected chi connectivity index (χ4v) is 2.41. The van der Waals surface area contributed by atoms with E-state index in [9.17, 15) is 9.90 Å². The Kier molecular flexibility index (Phi) is 7.44. The molecule has 2 aromatic carbocycles. The van der Waals surface area contributed by atoms with Crippen molar-refractivity contribution in [2.75, 3.05) is 6.61 Å². The Morgan fingerprint density at radius 3 is 2.76 bits per heavy atom. The number of rotatable bonds is 8. The molecule has 0 aliphatic heterocycles. The van der Waals surface area contributed by atoms with E-state index in [-0.39, 0.29) is 12.3 Å². The van der Waals surface area contributed by atoms with E-state index in [2.05, 4.69) is 10.5 Å². The molecule has 132 valence electrons. The van der Waals surface area contributed by atoms with Crippen LogP contribution in [0.15, 0.2) is 53.6 Å². The number of nitrogens with zero attached hydrogens (tertiary/aromatic N) is 1. The summed E-state index contributed by atoms with van der Waals surface area (Å²) in [6.45, 7) is 2.51. The fourth-order valence-electron chi connectivity index (χ4n) is 2.21. The van der Waals surface area contributed by atoms with Crippen LogP contribution >= 0.6 is 11.6 Å². The van der Waals surface area contributed by atoms with Gasteiger partial charge in [0.2, 0.25) is 5.91 Å². The van der Waals surface area contributed by atoms with Crippen molar-refractivity contribution in [1.29, 1.82) is 0 Å². The average molecular weight is 361 g/mol. The predicted molar refractivity (Wildman–Crippen MR) is 99.0 cm³/mol. The van der Waals surface area contributed by atoms with E-state index >= 15 is 0 Å². The average Bonchev–Trinajstić information content (AvgIpc) is 2.61. The number of aliphatic hydroxyl groups is 1. The van der Waals surface area contributed by atoms with Crippen LogP contribution in [0, 0.1) is 0 Å². The molecule has 0 saturated carbocycles. The number of carbonyl (C=O) groups is 1. The van der Waals surface area contributed by atoms with Crippen molar-refractivity contribution >= 4 is 23.7 Å². The molecular formula is C19H21ClN2O3. The van der Waals surface area contributed by atoms with Gasteiger partial charge in [0.05, 0.1) is 18.9 Å². The van der Waals surface area contributed by atoms with Gasteiger partial charge in [0.25, 0.3) is 0 Å². The maximum Gasteiger partial charge on any atom is 0.240 e. The molecule has 0 spiro atoms. The standard InChI is InChI=1S/C19H21ClN2O3/c1-2-25-17-8-6-15(7-9-17)18(23)10-11-19(24)22-21-13-14-4-3-5-16(20)12-14/h3-9,12-13,18,23H,2,10-11H2,1H3,(H,22,24)/b21-13-/t18-/m1/s1. The van der Waals surface area contributed by atoms with Gasteiger partial charge < -0.3 is 9.84 Å². The summed E-state index contributed by atoms with van der Waals surface area (Å²) in [6.07, 6.45) is 1.29.